The van der Waals surface area contributed by atoms with Crippen LogP contribution in [0.1, 0.15) is 0 Å². The highest BCUT2D eigenvalue weighted by Crippen LogP contribution is 2.14. The molecule has 1 fully saturated rings. The second-order valence-corrected chi connectivity index (χ2v) is 2.34. The quantitative estimate of drug-likeness (QED) is 0.485. The monoisotopic (exact) mass is 155 g/mol. The van der Waals surface area contributed by atoms with Crippen LogP contribution in [0.5, 0.6) is 0 Å². The molecule has 0 aromatic heterocycles. The van der Waals surface area contributed by atoms with Gasteiger partial charge < -0.3 is 14.9 Å². The Balaban J connectivity index is 2.50. The molecule has 0 aliphatic carbocycles. The Morgan fingerprint density at radius 3 is 2.73 bits per heavy atom. The van der Waals surface area contributed by atoms with Crippen LogP contribution in [0, 0.1) is 11.3 Å². The summed E-state index contributed by atoms with van der Waals surface area (Å²) < 4.78 is 4.94. The molecule has 4 nitrogen and oxygen atoms in total. The molecule has 11 heavy (non-hydrogen) atoms. The summed E-state index contributed by atoms with van der Waals surface area (Å²) >= 11 is 0. The van der Waals surface area contributed by atoms with Crippen molar-refractivity contribution in [3.05, 3.63) is 12.2 Å². The Labute approximate surface area is 64.3 Å². The van der Waals surface area contributed by atoms with Gasteiger partial charge in [0.05, 0.1) is 12.7 Å². The molecule has 1 aliphatic rings. The molecule has 60 valence electrons. The van der Waals surface area contributed by atoms with E-state index in [4.69, 9.17) is 20.2 Å². The van der Waals surface area contributed by atoms with Crippen molar-refractivity contribution in [2.45, 2.75) is 18.3 Å². The first-order valence-electron chi connectivity index (χ1n) is 3.29. The number of allylic oxidation sites excluding steroid dienone is 1. The van der Waals surface area contributed by atoms with Gasteiger partial charge in [-0.1, -0.05) is 0 Å². The van der Waals surface area contributed by atoms with Gasteiger partial charge in [0.2, 0.25) is 0 Å². The first kappa shape index (κ1) is 8.21. The molecule has 1 heterocycles. The van der Waals surface area contributed by atoms with Crippen molar-refractivity contribution in [1.82, 2.24) is 0 Å². The van der Waals surface area contributed by atoms with Gasteiger partial charge in [-0.25, -0.2) is 0 Å². The Kier molecular flexibility index (Phi) is 2.60. The van der Waals surface area contributed by atoms with Gasteiger partial charge in [0.1, 0.15) is 18.3 Å². The van der Waals surface area contributed by atoms with Crippen LogP contribution < -0.4 is 0 Å². The van der Waals surface area contributed by atoms with Gasteiger partial charge >= 0.3 is 0 Å². The fourth-order valence-electron chi connectivity index (χ4n) is 0.933. The maximum atomic E-state index is 9.15. The zero-order valence-corrected chi connectivity index (χ0v) is 5.84. The Bertz CT molecular complexity index is 196. The van der Waals surface area contributed by atoms with Gasteiger partial charge in [-0.3, -0.25) is 0 Å². The number of ether oxygens (including phenoxy) is 1. The first-order chi connectivity index (χ1) is 5.25. The highest BCUT2D eigenvalue weighted by atomic mass is 16.5. The molecule has 0 aromatic carbocycles. The lowest BCUT2D eigenvalue weighted by Crippen LogP contribution is -2.28. The fraction of sp³-hybridized carbons (Fsp3) is 0.571. The normalized spacial score (nSPS) is 37.7. The number of rotatable bonds is 1. The smallest absolute Gasteiger partial charge is 0.112 e. The molecular formula is C7H9NO3. The molecule has 4 heteroatoms. The van der Waals surface area contributed by atoms with Crippen molar-refractivity contribution < 1.29 is 14.9 Å². The SMILES string of the molecule is N#CC=C[C@@H]1OC[C@@H](O)[C@H]1O. The minimum Gasteiger partial charge on any atom is -0.388 e. The molecule has 0 aromatic rings. The molecule has 0 spiro atoms. The van der Waals surface area contributed by atoms with Crippen LogP contribution in [-0.4, -0.2) is 35.1 Å². The zero-order chi connectivity index (χ0) is 8.27. The van der Waals surface area contributed by atoms with Crippen molar-refractivity contribution in [1.29, 1.82) is 5.26 Å². The Morgan fingerprint density at radius 1 is 1.55 bits per heavy atom. The van der Waals surface area contributed by atoms with Crippen molar-refractivity contribution in [2.75, 3.05) is 6.61 Å². The molecule has 3 atom stereocenters. The fourth-order valence-corrected chi connectivity index (χ4v) is 0.933. The van der Waals surface area contributed by atoms with E-state index in [2.05, 4.69) is 0 Å². The maximum absolute atomic E-state index is 9.15. The molecule has 0 unspecified atom stereocenters. The van der Waals surface area contributed by atoms with E-state index in [1.807, 2.05) is 0 Å². The van der Waals surface area contributed by atoms with Crippen molar-refractivity contribution in [3.8, 4) is 6.07 Å². The van der Waals surface area contributed by atoms with Gasteiger partial charge in [0, 0.05) is 6.08 Å². The number of nitrogens with zero attached hydrogens (tertiary/aromatic N) is 1. The Morgan fingerprint density at radius 2 is 2.27 bits per heavy atom. The molecule has 2 N–H and O–H groups in total. The van der Waals surface area contributed by atoms with Crippen LogP contribution >= 0.6 is 0 Å². The van der Waals surface area contributed by atoms with E-state index in [-0.39, 0.29) is 6.61 Å². The summed E-state index contributed by atoms with van der Waals surface area (Å²) in [4.78, 5) is 0. The predicted octanol–water partition coefficient (Wildman–Crippen LogP) is -0.813. The van der Waals surface area contributed by atoms with Gasteiger partial charge in [-0.2, -0.15) is 5.26 Å². The minimum atomic E-state index is -0.903. The molecule has 0 saturated carbocycles. The van der Waals surface area contributed by atoms with E-state index in [9.17, 15) is 0 Å². The predicted molar refractivity (Wildman–Crippen MR) is 36.5 cm³/mol. The highest BCUT2D eigenvalue weighted by Gasteiger charge is 2.32. The maximum Gasteiger partial charge on any atom is 0.112 e. The third-order valence-corrected chi connectivity index (χ3v) is 1.55. The molecule has 1 aliphatic heterocycles. The number of hydrogen-bond acceptors (Lipinski definition) is 4. The summed E-state index contributed by atoms with van der Waals surface area (Å²) in [6, 6.07) is 1.78. The van der Waals surface area contributed by atoms with Gasteiger partial charge in [0.15, 0.2) is 0 Å². The number of hydrogen-bond donors (Lipinski definition) is 2. The lowest BCUT2D eigenvalue weighted by Gasteiger charge is -2.08. The van der Waals surface area contributed by atoms with Crippen molar-refractivity contribution in [3.63, 3.8) is 0 Å². The summed E-state index contributed by atoms with van der Waals surface area (Å²) in [6.07, 6.45) is 0.389. The largest absolute Gasteiger partial charge is 0.388 e. The summed E-state index contributed by atoms with van der Waals surface area (Å²) in [5, 5.41) is 26.3. The van der Waals surface area contributed by atoms with Gasteiger partial charge in [-0.15, -0.1) is 0 Å². The third kappa shape index (κ3) is 1.77. The van der Waals surface area contributed by atoms with Crippen LogP contribution in [0.15, 0.2) is 12.2 Å². The zero-order valence-electron chi connectivity index (χ0n) is 5.84. The standard InChI is InChI=1S/C7H9NO3/c8-3-1-2-6-7(10)5(9)4-11-6/h1-2,5-7,9-10H,4H2/t5-,6+,7-/m1/s1. The summed E-state index contributed by atoms with van der Waals surface area (Å²) in [5.74, 6) is 0. The number of aliphatic hydroxyl groups excluding tert-OH is 2. The van der Waals surface area contributed by atoms with Crippen LogP contribution in [0.3, 0.4) is 0 Å². The lowest BCUT2D eigenvalue weighted by molar-refractivity contribution is 0.0420. The van der Waals surface area contributed by atoms with Crippen molar-refractivity contribution in [2.24, 2.45) is 0 Å². The Hall–Kier alpha value is -0.890. The molecule has 0 amide bonds. The summed E-state index contributed by atoms with van der Waals surface area (Å²) in [7, 11) is 0. The molecule has 0 bridgehead atoms. The molecule has 1 saturated heterocycles. The first-order valence-corrected chi connectivity index (χ1v) is 3.29. The average molecular weight is 155 g/mol. The van der Waals surface area contributed by atoms with E-state index in [1.165, 1.54) is 12.2 Å². The third-order valence-electron chi connectivity index (χ3n) is 1.55. The summed E-state index contributed by atoms with van der Waals surface area (Å²) in [6.45, 7) is 0.127. The second-order valence-electron chi connectivity index (χ2n) is 2.34. The van der Waals surface area contributed by atoms with E-state index < -0.39 is 18.3 Å². The van der Waals surface area contributed by atoms with Crippen LogP contribution in [0.4, 0.5) is 0 Å². The molecule has 0 radical (unpaired) electrons. The summed E-state index contributed by atoms with van der Waals surface area (Å²) in [5.41, 5.74) is 0. The highest BCUT2D eigenvalue weighted by molar-refractivity contribution is 5.08. The molecule has 1 rings (SSSR count). The van der Waals surface area contributed by atoms with Crippen LogP contribution in [-0.2, 0) is 4.74 Å². The van der Waals surface area contributed by atoms with E-state index in [0.29, 0.717) is 0 Å². The topological polar surface area (TPSA) is 73.5 Å². The lowest BCUT2D eigenvalue weighted by atomic mass is 10.1. The van der Waals surface area contributed by atoms with Gasteiger partial charge in [0.25, 0.3) is 0 Å². The van der Waals surface area contributed by atoms with Crippen LogP contribution in [0.25, 0.3) is 0 Å². The van der Waals surface area contributed by atoms with E-state index in [0.717, 1.165) is 0 Å². The minimum absolute atomic E-state index is 0.127. The van der Waals surface area contributed by atoms with Crippen LogP contribution in [0.2, 0.25) is 0 Å². The van der Waals surface area contributed by atoms with E-state index in [1.54, 1.807) is 6.07 Å². The number of aliphatic hydroxyl groups is 2. The molecular weight excluding hydrogens is 146 g/mol. The van der Waals surface area contributed by atoms with E-state index >= 15 is 0 Å². The number of nitriles is 1. The van der Waals surface area contributed by atoms with Crippen molar-refractivity contribution >= 4 is 0 Å². The second kappa shape index (κ2) is 3.49. The van der Waals surface area contributed by atoms with Gasteiger partial charge in [-0.05, 0) is 6.08 Å². The average Bonchev–Trinajstić information content (AvgIpc) is 2.31.